The van der Waals surface area contributed by atoms with Gasteiger partial charge in [-0.25, -0.2) is 0 Å². The SMILES string of the molecule is Clc1ccc(-n2cccc2CCCc2ccccc2)cc1. The number of hydrogen-bond donors (Lipinski definition) is 0. The molecule has 1 aromatic heterocycles. The summed E-state index contributed by atoms with van der Waals surface area (Å²) in [7, 11) is 0. The molecule has 0 spiro atoms. The normalized spacial score (nSPS) is 10.7. The third-order valence-corrected chi connectivity index (χ3v) is 3.93. The summed E-state index contributed by atoms with van der Waals surface area (Å²) in [6.07, 6.45) is 5.46. The highest BCUT2D eigenvalue weighted by molar-refractivity contribution is 6.30. The van der Waals surface area contributed by atoms with Crippen LogP contribution in [0.15, 0.2) is 72.9 Å². The van der Waals surface area contributed by atoms with Crippen molar-refractivity contribution in [2.24, 2.45) is 0 Å². The quantitative estimate of drug-likeness (QED) is 0.601. The summed E-state index contributed by atoms with van der Waals surface area (Å²) in [5, 5.41) is 0.775. The molecule has 0 saturated carbocycles. The predicted octanol–water partition coefficient (Wildman–Crippen LogP) is 5.31. The fourth-order valence-electron chi connectivity index (χ4n) is 2.59. The van der Waals surface area contributed by atoms with Gasteiger partial charge >= 0.3 is 0 Å². The molecule has 0 radical (unpaired) electrons. The summed E-state index contributed by atoms with van der Waals surface area (Å²) in [5.74, 6) is 0. The minimum absolute atomic E-state index is 0.775. The fourth-order valence-corrected chi connectivity index (χ4v) is 2.72. The van der Waals surface area contributed by atoms with Gasteiger partial charge in [0.2, 0.25) is 0 Å². The molecule has 2 heteroatoms. The van der Waals surface area contributed by atoms with E-state index >= 15 is 0 Å². The maximum atomic E-state index is 5.96. The average molecular weight is 296 g/mol. The lowest BCUT2D eigenvalue weighted by atomic mass is 10.1. The standard InChI is InChI=1S/C19H18ClN/c20-17-11-13-19(14-12-17)21-15-5-10-18(21)9-4-8-16-6-2-1-3-7-16/h1-3,5-7,10-15H,4,8-9H2. The Labute approximate surface area is 130 Å². The summed E-state index contributed by atoms with van der Waals surface area (Å²) in [6, 6.07) is 22.9. The summed E-state index contributed by atoms with van der Waals surface area (Å²) in [5.41, 5.74) is 3.91. The Hall–Kier alpha value is -1.99. The summed E-state index contributed by atoms with van der Waals surface area (Å²) < 4.78 is 2.24. The van der Waals surface area contributed by atoms with Crippen LogP contribution in [0.2, 0.25) is 5.02 Å². The second-order valence-electron chi connectivity index (χ2n) is 5.19. The van der Waals surface area contributed by atoms with E-state index < -0.39 is 0 Å². The largest absolute Gasteiger partial charge is 0.321 e. The van der Waals surface area contributed by atoms with Crippen LogP contribution >= 0.6 is 11.6 Å². The first kappa shape index (κ1) is 14.0. The van der Waals surface area contributed by atoms with Gasteiger partial charge in [0.1, 0.15) is 0 Å². The third-order valence-electron chi connectivity index (χ3n) is 3.68. The number of hydrogen-bond acceptors (Lipinski definition) is 0. The number of aryl methyl sites for hydroxylation is 2. The molecule has 0 unspecified atom stereocenters. The third kappa shape index (κ3) is 3.56. The average Bonchev–Trinajstić information content (AvgIpc) is 2.98. The van der Waals surface area contributed by atoms with Gasteiger partial charge in [0, 0.05) is 22.6 Å². The summed E-state index contributed by atoms with van der Waals surface area (Å²) >= 11 is 5.96. The second kappa shape index (κ2) is 6.64. The Morgan fingerprint density at radius 1 is 0.762 bits per heavy atom. The van der Waals surface area contributed by atoms with Gasteiger partial charge in [-0.05, 0) is 61.2 Å². The van der Waals surface area contributed by atoms with Crippen LogP contribution in [0.3, 0.4) is 0 Å². The van der Waals surface area contributed by atoms with Crippen molar-refractivity contribution in [3.05, 3.63) is 89.2 Å². The van der Waals surface area contributed by atoms with Crippen molar-refractivity contribution in [1.29, 1.82) is 0 Å². The maximum absolute atomic E-state index is 5.96. The van der Waals surface area contributed by atoms with Gasteiger partial charge in [0.05, 0.1) is 0 Å². The van der Waals surface area contributed by atoms with Crippen LogP contribution in [-0.4, -0.2) is 4.57 Å². The van der Waals surface area contributed by atoms with Crippen LogP contribution in [0, 0.1) is 0 Å². The number of aromatic nitrogens is 1. The van der Waals surface area contributed by atoms with E-state index in [2.05, 4.69) is 65.4 Å². The van der Waals surface area contributed by atoms with Crippen molar-refractivity contribution in [1.82, 2.24) is 4.57 Å². The Balaban J connectivity index is 1.67. The van der Waals surface area contributed by atoms with Crippen molar-refractivity contribution in [3.8, 4) is 5.69 Å². The molecular weight excluding hydrogens is 278 g/mol. The van der Waals surface area contributed by atoms with E-state index in [0.29, 0.717) is 0 Å². The molecule has 1 nitrogen and oxygen atoms in total. The first-order valence-electron chi connectivity index (χ1n) is 7.29. The molecule has 0 fully saturated rings. The van der Waals surface area contributed by atoms with Gasteiger partial charge in [-0.15, -0.1) is 0 Å². The molecule has 0 atom stereocenters. The molecule has 0 bridgehead atoms. The Bertz CT molecular complexity index is 683. The molecule has 0 aliphatic rings. The van der Waals surface area contributed by atoms with Crippen LogP contribution in [0.5, 0.6) is 0 Å². The van der Waals surface area contributed by atoms with Crippen LogP contribution in [-0.2, 0) is 12.8 Å². The topological polar surface area (TPSA) is 4.93 Å². The molecule has 2 aromatic carbocycles. The van der Waals surface area contributed by atoms with Gasteiger partial charge < -0.3 is 4.57 Å². The zero-order valence-corrected chi connectivity index (χ0v) is 12.6. The minimum atomic E-state index is 0.775. The lowest BCUT2D eigenvalue weighted by Crippen LogP contribution is -1.99. The molecule has 0 N–H and O–H groups in total. The van der Waals surface area contributed by atoms with E-state index in [1.165, 1.54) is 16.9 Å². The summed E-state index contributed by atoms with van der Waals surface area (Å²) in [4.78, 5) is 0. The Kier molecular flexibility index (Phi) is 4.42. The van der Waals surface area contributed by atoms with E-state index in [0.717, 1.165) is 24.3 Å². The van der Waals surface area contributed by atoms with Crippen molar-refractivity contribution in [2.75, 3.05) is 0 Å². The molecule has 0 aliphatic heterocycles. The molecule has 106 valence electrons. The monoisotopic (exact) mass is 295 g/mol. The van der Waals surface area contributed by atoms with Crippen LogP contribution in [0.25, 0.3) is 5.69 Å². The lowest BCUT2D eigenvalue weighted by molar-refractivity contribution is 0.779. The van der Waals surface area contributed by atoms with Gasteiger partial charge in [-0.3, -0.25) is 0 Å². The zero-order chi connectivity index (χ0) is 14.5. The first-order valence-corrected chi connectivity index (χ1v) is 7.67. The maximum Gasteiger partial charge on any atom is 0.0453 e. The number of benzene rings is 2. The van der Waals surface area contributed by atoms with E-state index in [1.807, 2.05) is 12.1 Å². The lowest BCUT2D eigenvalue weighted by Gasteiger charge is -2.09. The molecule has 0 saturated heterocycles. The fraction of sp³-hybridized carbons (Fsp3) is 0.158. The molecule has 0 aliphatic carbocycles. The molecule has 3 aromatic rings. The predicted molar refractivity (Wildman–Crippen MR) is 89.2 cm³/mol. The summed E-state index contributed by atoms with van der Waals surface area (Å²) in [6.45, 7) is 0. The number of rotatable bonds is 5. The van der Waals surface area contributed by atoms with Crippen molar-refractivity contribution < 1.29 is 0 Å². The first-order chi connectivity index (χ1) is 10.3. The zero-order valence-electron chi connectivity index (χ0n) is 11.9. The molecule has 21 heavy (non-hydrogen) atoms. The highest BCUT2D eigenvalue weighted by atomic mass is 35.5. The van der Waals surface area contributed by atoms with E-state index in [4.69, 9.17) is 11.6 Å². The van der Waals surface area contributed by atoms with Gasteiger partial charge in [-0.1, -0.05) is 41.9 Å². The number of nitrogens with zero attached hydrogens (tertiary/aromatic N) is 1. The molecular formula is C19H18ClN. The molecule has 0 amide bonds. The second-order valence-corrected chi connectivity index (χ2v) is 5.62. The molecule has 1 heterocycles. The van der Waals surface area contributed by atoms with Gasteiger partial charge in [0.15, 0.2) is 0 Å². The van der Waals surface area contributed by atoms with E-state index in [1.54, 1.807) is 0 Å². The van der Waals surface area contributed by atoms with Crippen LogP contribution in [0.4, 0.5) is 0 Å². The van der Waals surface area contributed by atoms with Gasteiger partial charge in [-0.2, -0.15) is 0 Å². The van der Waals surface area contributed by atoms with Gasteiger partial charge in [0.25, 0.3) is 0 Å². The van der Waals surface area contributed by atoms with Crippen LogP contribution in [0.1, 0.15) is 17.7 Å². The van der Waals surface area contributed by atoms with E-state index in [9.17, 15) is 0 Å². The number of halogens is 1. The molecule has 3 rings (SSSR count). The highest BCUT2D eigenvalue weighted by Crippen LogP contribution is 2.17. The van der Waals surface area contributed by atoms with Crippen molar-refractivity contribution >= 4 is 11.6 Å². The smallest absolute Gasteiger partial charge is 0.0453 e. The minimum Gasteiger partial charge on any atom is -0.321 e. The van der Waals surface area contributed by atoms with Crippen LogP contribution < -0.4 is 0 Å². The highest BCUT2D eigenvalue weighted by Gasteiger charge is 2.03. The van der Waals surface area contributed by atoms with Crippen molar-refractivity contribution in [3.63, 3.8) is 0 Å². The van der Waals surface area contributed by atoms with Crippen molar-refractivity contribution in [2.45, 2.75) is 19.3 Å². The Morgan fingerprint density at radius 2 is 1.52 bits per heavy atom. The van der Waals surface area contributed by atoms with E-state index in [-0.39, 0.29) is 0 Å². The Morgan fingerprint density at radius 3 is 2.29 bits per heavy atom.